The lowest BCUT2D eigenvalue weighted by Gasteiger charge is -2.30. The van der Waals surface area contributed by atoms with E-state index < -0.39 is 12.0 Å². The molecule has 2 aromatic heterocycles. The van der Waals surface area contributed by atoms with E-state index in [0.29, 0.717) is 102 Å². The van der Waals surface area contributed by atoms with E-state index in [2.05, 4.69) is 24.8 Å². The third-order valence-electron chi connectivity index (χ3n) is 8.50. The van der Waals surface area contributed by atoms with Crippen LogP contribution in [-0.4, -0.2) is 91.8 Å². The number of morpholine rings is 2. The normalized spacial score (nSPS) is 18.1. The van der Waals surface area contributed by atoms with Gasteiger partial charge in [-0.1, -0.05) is 47.7 Å². The molecule has 0 radical (unpaired) electrons. The van der Waals surface area contributed by atoms with Crippen LogP contribution in [0.2, 0.25) is 0 Å². The lowest BCUT2D eigenvalue weighted by Crippen LogP contribution is -2.40. The van der Waals surface area contributed by atoms with Crippen molar-refractivity contribution in [3.05, 3.63) is 90.6 Å². The van der Waals surface area contributed by atoms with Crippen molar-refractivity contribution in [2.45, 2.75) is 19.9 Å². The number of nitrogens with zero attached hydrogens (tertiary/aromatic N) is 7. The second-order valence-corrected chi connectivity index (χ2v) is 12.7. The standard InChI is InChI=1S/C35H37N7O7S/c1-4-48-31(44)28-22(2)36-35-42(29(28)24-8-6-5-7-9-24)30(43)27(50-35)21-23-10-11-25(26(20-23)45-3)49-34-38-32(40-12-16-46-17-13-40)37-33(39-34)41-14-18-47-19-15-41/h5-11,20-21,29H,4,12-19H2,1-3H3/b27-21-/t29-/m0/s1. The van der Waals surface area contributed by atoms with Crippen LogP contribution in [0.1, 0.15) is 31.0 Å². The SMILES string of the molecule is CCOC(=O)C1=C(C)N=c2s/c(=C\c3ccc(Oc4nc(N5CCOCC5)nc(N5CCOCC5)n4)c(OC)c3)c(=O)n2[C@H]1c1ccccc1. The van der Waals surface area contributed by atoms with Gasteiger partial charge in [0.15, 0.2) is 16.3 Å². The Morgan fingerprint density at radius 3 is 2.22 bits per heavy atom. The number of allylic oxidation sites excluding steroid dienone is 1. The van der Waals surface area contributed by atoms with E-state index in [1.54, 1.807) is 43.7 Å². The largest absolute Gasteiger partial charge is 0.493 e. The van der Waals surface area contributed by atoms with E-state index in [1.807, 2.05) is 36.4 Å². The number of aromatic nitrogens is 4. The number of methoxy groups -OCH3 is 1. The molecule has 0 bridgehead atoms. The quantitative estimate of drug-likeness (QED) is 0.237. The number of esters is 1. The first kappa shape index (κ1) is 33.4. The van der Waals surface area contributed by atoms with Crippen molar-refractivity contribution >= 4 is 35.3 Å². The number of hydrogen-bond donors (Lipinski definition) is 0. The number of thiazole rings is 1. The van der Waals surface area contributed by atoms with Crippen LogP contribution >= 0.6 is 11.3 Å². The predicted molar refractivity (Wildman–Crippen MR) is 186 cm³/mol. The second kappa shape index (κ2) is 14.8. The maximum Gasteiger partial charge on any atom is 0.338 e. The van der Waals surface area contributed by atoms with Gasteiger partial charge in [-0.15, -0.1) is 0 Å². The number of hydrogen-bond acceptors (Lipinski definition) is 14. The first-order chi connectivity index (χ1) is 24.4. The molecule has 3 aliphatic heterocycles. The molecule has 0 unspecified atom stereocenters. The van der Waals surface area contributed by atoms with E-state index in [9.17, 15) is 9.59 Å². The topological polar surface area (TPSA) is 143 Å². The van der Waals surface area contributed by atoms with E-state index in [-0.39, 0.29) is 18.2 Å². The van der Waals surface area contributed by atoms with Crippen molar-refractivity contribution in [1.29, 1.82) is 0 Å². The van der Waals surface area contributed by atoms with Crippen molar-refractivity contribution in [2.75, 3.05) is 76.1 Å². The lowest BCUT2D eigenvalue weighted by atomic mass is 9.96. The maximum atomic E-state index is 14.0. The van der Waals surface area contributed by atoms with Gasteiger partial charge < -0.3 is 33.5 Å². The molecule has 4 aromatic rings. The Labute approximate surface area is 291 Å². The molecule has 5 heterocycles. The smallest absolute Gasteiger partial charge is 0.338 e. The fourth-order valence-electron chi connectivity index (χ4n) is 6.04. The number of rotatable bonds is 9. The van der Waals surface area contributed by atoms with Gasteiger partial charge in [-0.3, -0.25) is 9.36 Å². The Bertz CT molecular complexity index is 2050. The fraction of sp³-hybridized carbons (Fsp3) is 0.371. The highest BCUT2D eigenvalue weighted by atomic mass is 32.1. The Morgan fingerprint density at radius 2 is 1.60 bits per heavy atom. The summed E-state index contributed by atoms with van der Waals surface area (Å²) >= 11 is 1.25. The molecule has 0 N–H and O–H groups in total. The van der Waals surface area contributed by atoms with Gasteiger partial charge in [-0.2, -0.15) is 15.0 Å². The Hall–Kier alpha value is -5.12. The van der Waals surface area contributed by atoms with Crippen LogP contribution in [0.5, 0.6) is 17.5 Å². The van der Waals surface area contributed by atoms with E-state index >= 15 is 0 Å². The minimum Gasteiger partial charge on any atom is -0.493 e. The number of carbonyl (C=O) groups is 1. The molecule has 2 aromatic carbocycles. The molecular weight excluding hydrogens is 662 g/mol. The summed E-state index contributed by atoms with van der Waals surface area (Å²) in [6.45, 7) is 8.70. The van der Waals surface area contributed by atoms with Crippen LogP contribution in [-0.2, 0) is 19.0 Å². The van der Waals surface area contributed by atoms with Gasteiger partial charge in [0.1, 0.15) is 0 Å². The number of anilines is 2. The fourth-order valence-corrected chi connectivity index (χ4v) is 7.09. The molecule has 14 nitrogen and oxygen atoms in total. The number of carbonyl (C=O) groups excluding carboxylic acids is 1. The molecular formula is C35H37N7O7S. The molecule has 2 fully saturated rings. The van der Waals surface area contributed by atoms with E-state index in [4.69, 9.17) is 28.7 Å². The van der Waals surface area contributed by atoms with Gasteiger partial charge in [0.25, 0.3) is 5.56 Å². The minimum absolute atomic E-state index is 0.135. The average molecular weight is 700 g/mol. The summed E-state index contributed by atoms with van der Waals surface area (Å²) in [4.78, 5) is 50.5. The molecule has 0 amide bonds. The van der Waals surface area contributed by atoms with E-state index in [1.165, 1.54) is 11.3 Å². The van der Waals surface area contributed by atoms with Crippen LogP contribution in [0.15, 0.2) is 69.6 Å². The molecule has 1 atom stereocenters. The third kappa shape index (κ3) is 6.84. The van der Waals surface area contributed by atoms with Crippen LogP contribution < -0.4 is 34.2 Å². The zero-order chi connectivity index (χ0) is 34.6. The highest BCUT2D eigenvalue weighted by molar-refractivity contribution is 7.07. The van der Waals surface area contributed by atoms with Gasteiger partial charge in [0, 0.05) is 26.2 Å². The summed E-state index contributed by atoms with van der Waals surface area (Å²) in [6.07, 6.45) is 1.78. The van der Waals surface area contributed by atoms with Crippen LogP contribution in [0.3, 0.4) is 0 Å². The molecule has 0 spiro atoms. The number of benzene rings is 2. The molecule has 260 valence electrons. The van der Waals surface area contributed by atoms with Gasteiger partial charge in [-0.25, -0.2) is 9.79 Å². The van der Waals surface area contributed by atoms with Crippen LogP contribution in [0.4, 0.5) is 11.9 Å². The molecule has 50 heavy (non-hydrogen) atoms. The monoisotopic (exact) mass is 699 g/mol. The zero-order valence-corrected chi connectivity index (χ0v) is 28.9. The summed E-state index contributed by atoms with van der Waals surface area (Å²) in [7, 11) is 1.55. The predicted octanol–water partition coefficient (Wildman–Crippen LogP) is 2.46. The maximum absolute atomic E-state index is 14.0. The minimum atomic E-state index is -0.677. The van der Waals surface area contributed by atoms with Gasteiger partial charge in [0.05, 0.1) is 62.0 Å². The number of ether oxygens (including phenoxy) is 5. The molecule has 7 rings (SSSR count). The van der Waals surface area contributed by atoms with Gasteiger partial charge in [0.2, 0.25) is 11.9 Å². The average Bonchev–Trinajstić information content (AvgIpc) is 3.45. The summed E-state index contributed by atoms with van der Waals surface area (Å²) in [5.74, 6) is 1.36. The Kier molecular flexibility index (Phi) is 9.87. The molecule has 2 saturated heterocycles. The van der Waals surface area contributed by atoms with Crippen LogP contribution in [0, 0.1) is 0 Å². The third-order valence-corrected chi connectivity index (χ3v) is 9.48. The van der Waals surface area contributed by atoms with Gasteiger partial charge >= 0.3 is 12.0 Å². The van der Waals surface area contributed by atoms with Crippen molar-refractivity contribution < 1.29 is 28.5 Å². The summed E-state index contributed by atoms with van der Waals surface area (Å²) in [5.41, 5.74) is 2.07. The van der Waals surface area contributed by atoms with Crippen molar-refractivity contribution in [1.82, 2.24) is 19.5 Å². The van der Waals surface area contributed by atoms with Gasteiger partial charge in [-0.05, 0) is 43.2 Å². The highest BCUT2D eigenvalue weighted by Crippen LogP contribution is 2.33. The molecule has 3 aliphatic rings. The molecule has 0 saturated carbocycles. The summed E-state index contributed by atoms with van der Waals surface area (Å²) in [6, 6.07) is 14.3. The zero-order valence-electron chi connectivity index (χ0n) is 28.0. The van der Waals surface area contributed by atoms with Crippen molar-refractivity contribution in [3.63, 3.8) is 0 Å². The lowest BCUT2D eigenvalue weighted by molar-refractivity contribution is -0.139. The summed E-state index contributed by atoms with van der Waals surface area (Å²) < 4.78 is 30.4. The first-order valence-corrected chi connectivity index (χ1v) is 17.3. The molecule has 15 heteroatoms. The Balaban J connectivity index is 1.23. The number of fused-ring (bicyclic) bond motifs is 1. The summed E-state index contributed by atoms with van der Waals surface area (Å²) in [5, 5.41) is 0. The molecule has 0 aliphatic carbocycles. The van der Waals surface area contributed by atoms with Crippen LogP contribution in [0.25, 0.3) is 6.08 Å². The van der Waals surface area contributed by atoms with Crippen molar-refractivity contribution in [3.8, 4) is 17.5 Å². The first-order valence-electron chi connectivity index (χ1n) is 16.5. The second-order valence-electron chi connectivity index (χ2n) is 11.6. The highest BCUT2D eigenvalue weighted by Gasteiger charge is 2.33. The van der Waals surface area contributed by atoms with E-state index in [0.717, 1.165) is 5.56 Å². The van der Waals surface area contributed by atoms with Crippen molar-refractivity contribution in [2.24, 2.45) is 4.99 Å². The Morgan fingerprint density at radius 1 is 0.940 bits per heavy atom.